The first-order valence-electron chi connectivity index (χ1n) is 7.66. The maximum absolute atomic E-state index is 11.3. The molecule has 3 rings (SSSR count). The number of carbonyl (C=O) groups is 1. The summed E-state index contributed by atoms with van der Waals surface area (Å²) in [4.78, 5) is 20.2. The molecule has 0 fully saturated rings. The third-order valence-electron chi connectivity index (χ3n) is 3.57. The van der Waals surface area contributed by atoms with Crippen molar-refractivity contribution in [3.05, 3.63) is 89.5 Å². The largest absolute Gasteiger partial charge is 0.481 e. The van der Waals surface area contributed by atoms with Crippen molar-refractivity contribution in [1.82, 2.24) is 4.98 Å². The number of methoxy groups -OCH3 is 1. The van der Waals surface area contributed by atoms with Crippen molar-refractivity contribution < 1.29 is 14.6 Å². The minimum atomic E-state index is -1.06. The molecule has 2 aromatic carbocycles. The number of ether oxygens (including phenoxy) is 1. The number of aromatic carboxylic acids is 1. The maximum Gasteiger partial charge on any atom is 0.336 e. The van der Waals surface area contributed by atoms with Gasteiger partial charge in [0.25, 0.3) is 0 Å². The molecule has 0 atom stereocenters. The van der Waals surface area contributed by atoms with Gasteiger partial charge in [-0.2, -0.15) is 4.98 Å². The van der Waals surface area contributed by atoms with Gasteiger partial charge >= 0.3 is 5.97 Å². The van der Waals surface area contributed by atoms with E-state index >= 15 is 0 Å². The Morgan fingerprint density at radius 3 is 1.96 bits per heavy atom. The molecule has 1 N–H and O–H groups in total. The Morgan fingerprint density at radius 2 is 1.48 bits per heavy atom. The summed E-state index contributed by atoms with van der Waals surface area (Å²) in [5.41, 5.74) is 2.61. The highest BCUT2D eigenvalue weighted by Gasteiger charge is 2.11. The van der Waals surface area contributed by atoms with E-state index in [4.69, 9.17) is 4.74 Å². The smallest absolute Gasteiger partial charge is 0.336 e. The molecule has 5 heteroatoms. The molecule has 0 amide bonds. The van der Waals surface area contributed by atoms with Gasteiger partial charge < -0.3 is 9.84 Å². The molecular weight excluding hydrogens is 316 g/mol. The third kappa shape index (κ3) is 3.90. The fourth-order valence-electron chi connectivity index (χ4n) is 2.38. The molecule has 25 heavy (non-hydrogen) atoms. The van der Waals surface area contributed by atoms with Gasteiger partial charge in [-0.3, -0.25) is 0 Å². The Morgan fingerprint density at radius 1 is 0.920 bits per heavy atom. The standard InChI is InChI=1S/C20H16N2O3/c1-25-18-13-16(20(23)24)12-17(21-18)22-19(14-8-4-2-5-9-14)15-10-6-3-7-11-15/h2-13H,1H3,(H,23,24). The molecule has 0 aliphatic rings. The van der Waals surface area contributed by atoms with Crippen LogP contribution in [0.2, 0.25) is 0 Å². The van der Waals surface area contributed by atoms with Gasteiger partial charge in [0.05, 0.1) is 18.4 Å². The van der Waals surface area contributed by atoms with Crippen LogP contribution in [0.4, 0.5) is 5.82 Å². The molecule has 0 radical (unpaired) electrons. The van der Waals surface area contributed by atoms with Gasteiger partial charge in [-0.05, 0) is 6.07 Å². The van der Waals surface area contributed by atoms with E-state index in [0.717, 1.165) is 11.1 Å². The summed E-state index contributed by atoms with van der Waals surface area (Å²) in [6.45, 7) is 0. The van der Waals surface area contributed by atoms with E-state index < -0.39 is 5.97 Å². The van der Waals surface area contributed by atoms with Crippen molar-refractivity contribution in [2.75, 3.05) is 7.11 Å². The highest BCUT2D eigenvalue weighted by atomic mass is 16.5. The Hall–Kier alpha value is -3.47. The normalized spacial score (nSPS) is 10.1. The van der Waals surface area contributed by atoms with Gasteiger partial charge in [-0.25, -0.2) is 9.79 Å². The van der Waals surface area contributed by atoms with Crippen LogP contribution in [0.15, 0.2) is 77.8 Å². The summed E-state index contributed by atoms with van der Waals surface area (Å²) in [6.07, 6.45) is 0. The van der Waals surface area contributed by atoms with Gasteiger partial charge in [0.2, 0.25) is 5.88 Å². The predicted octanol–water partition coefficient (Wildman–Crippen LogP) is 3.96. The maximum atomic E-state index is 11.3. The number of carboxylic acid groups (broad SMARTS) is 1. The minimum Gasteiger partial charge on any atom is -0.481 e. The highest BCUT2D eigenvalue weighted by molar-refractivity contribution is 6.13. The topological polar surface area (TPSA) is 71.8 Å². The molecule has 1 heterocycles. The molecule has 0 saturated heterocycles. The SMILES string of the molecule is COc1cc(C(=O)O)cc(N=C(c2ccccc2)c2ccccc2)n1. The Labute approximate surface area is 145 Å². The van der Waals surface area contributed by atoms with E-state index in [0.29, 0.717) is 5.71 Å². The van der Waals surface area contributed by atoms with Crippen LogP contribution in [0.5, 0.6) is 5.88 Å². The molecule has 0 aliphatic carbocycles. The van der Waals surface area contributed by atoms with E-state index in [9.17, 15) is 9.90 Å². The summed E-state index contributed by atoms with van der Waals surface area (Å²) < 4.78 is 5.09. The molecule has 3 aromatic rings. The zero-order valence-corrected chi connectivity index (χ0v) is 13.6. The van der Waals surface area contributed by atoms with Crippen LogP contribution >= 0.6 is 0 Å². The van der Waals surface area contributed by atoms with Crippen LogP contribution in [-0.4, -0.2) is 28.9 Å². The number of nitrogens with zero attached hydrogens (tertiary/aromatic N) is 2. The lowest BCUT2D eigenvalue weighted by Crippen LogP contribution is -2.04. The first-order chi connectivity index (χ1) is 12.2. The lowest BCUT2D eigenvalue weighted by atomic mass is 10.0. The molecular formula is C20H16N2O3. The Kier molecular flexibility index (Phi) is 4.85. The predicted molar refractivity (Wildman–Crippen MR) is 95.9 cm³/mol. The summed E-state index contributed by atoms with van der Waals surface area (Å²) >= 11 is 0. The van der Waals surface area contributed by atoms with E-state index in [2.05, 4.69) is 9.98 Å². The van der Waals surface area contributed by atoms with Gasteiger partial charge in [0.15, 0.2) is 5.82 Å². The van der Waals surface area contributed by atoms with E-state index in [1.54, 1.807) is 0 Å². The summed E-state index contributed by atoms with van der Waals surface area (Å²) in [5, 5.41) is 9.27. The third-order valence-corrected chi connectivity index (χ3v) is 3.57. The molecule has 0 spiro atoms. The minimum absolute atomic E-state index is 0.0751. The average molecular weight is 332 g/mol. The van der Waals surface area contributed by atoms with Crippen molar-refractivity contribution in [1.29, 1.82) is 0 Å². The lowest BCUT2D eigenvalue weighted by Gasteiger charge is -2.08. The second-order valence-electron chi connectivity index (χ2n) is 5.25. The van der Waals surface area contributed by atoms with Crippen LogP contribution in [0.3, 0.4) is 0 Å². The van der Waals surface area contributed by atoms with Crippen molar-refractivity contribution >= 4 is 17.5 Å². The zero-order chi connectivity index (χ0) is 17.6. The number of carboxylic acids is 1. The number of pyridine rings is 1. The number of hydrogen-bond donors (Lipinski definition) is 1. The lowest BCUT2D eigenvalue weighted by molar-refractivity contribution is 0.0696. The molecule has 5 nitrogen and oxygen atoms in total. The van der Waals surface area contributed by atoms with Crippen LogP contribution < -0.4 is 4.74 Å². The number of benzene rings is 2. The number of aliphatic imine (C=N–C) groups is 1. The highest BCUT2D eigenvalue weighted by Crippen LogP contribution is 2.21. The molecule has 0 aliphatic heterocycles. The molecule has 0 bridgehead atoms. The molecule has 1 aromatic heterocycles. The first-order valence-corrected chi connectivity index (χ1v) is 7.66. The van der Waals surface area contributed by atoms with Gasteiger partial charge in [0.1, 0.15) is 0 Å². The summed E-state index contributed by atoms with van der Waals surface area (Å²) in [7, 11) is 1.44. The fourth-order valence-corrected chi connectivity index (χ4v) is 2.38. The molecule has 124 valence electrons. The summed E-state index contributed by atoms with van der Waals surface area (Å²) in [6, 6.07) is 22.2. The summed E-state index contributed by atoms with van der Waals surface area (Å²) in [5.74, 6) is -0.572. The number of aromatic nitrogens is 1. The van der Waals surface area contributed by atoms with Gasteiger partial charge in [-0.15, -0.1) is 0 Å². The zero-order valence-electron chi connectivity index (χ0n) is 13.6. The molecule has 0 saturated carbocycles. The van der Waals surface area contributed by atoms with Crippen molar-refractivity contribution in [3.8, 4) is 5.88 Å². The van der Waals surface area contributed by atoms with E-state index in [-0.39, 0.29) is 17.3 Å². The van der Waals surface area contributed by atoms with Crippen LogP contribution in [0, 0.1) is 0 Å². The average Bonchev–Trinajstić information content (AvgIpc) is 2.67. The van der Waals surface area contributed by atoms with E-state index in [1.165, 1.54) is 19.2 Å². The van der Waals surface area contributed by atoms with Crippen molar-refractivity contribution in [2.45, 2.75) is 0 Å². The quantitative estimate of drug-likeness (QED) is 0.718. The van der Waals surface area contributed by atoms with Crippen molar-refractivity contribution in [3.63, 3.8) is 0 Å². The fraction of sp³-hybridized carbons (Fsp3) is 0.0500. The van der Waals surface area contributed by atoms with Gasteiger partial charge in [0, 0.05) is 17.2 Å². The monoisotopic (exact) mass is 332 g/mol. The van der Waals surface area contributed by atoms with E-state index in [1.807, 2.05) is 60.7 Å². The molecule has 0 unspecified atom stereocenters. The number of rotatable bonds is 5. The van der Waals surface area contributed by atoms with Gasteiger partial charge in [-0.1, -0.05) is 60.7 Å². The van der Waals surface area contributed by atoms with Crippen LogP contribution in [0.1, 0.15) is 21.5 Å². The first kappa shape index (κ1) is 16.4. The Balaban J connectivity index is 2.17. The van der Waals surface area contributed by atoms with Crippen molar-refractivity contribution in [2.24, 2.45) is 4.99 Å². The number of hydrogen-bond acceptors (Lipinski definition) is 4. The Bertz CT molecular complexity index is 865. The van der Waals surface area contributed by atoms with Crippen LogP contribution in [-0.2, 0) is 0 Å². The second kappa shape index (κ2) is 7.40. The second-order valence-corrected chi connectivity index (χ2v) is 5.25. The van der Waals surface area contributed by atoms with Crippen LogP contribution in [0.25, 0.3) is 0 Å².